The summed E-state index contributed by atoms with van der Waals surface area (Å²) in [5.41, 5.74) is 0.217. The number of rotatable bonds is 8. The van der Waals surface area contributed by atoms with Crippen LogP contribution in [0.2, 0.25) is 0 Å². The summed E-state index contributed by atoms with van der Waals surface area (Å²) in [5.74, 6) is 0. The van der Waals surface area contributed by atoms with Crippen LogP contribution in [0.5, 0.6) is 0 Å². The molecule has 0 aromatic carbocycles. The zero-order valence-electron chi connectivity index (χ0n) is 11.8. The van der Waals surface area contributed by atoms with E-state index in [1.807, 2.05) is 0 Å². The molecule has 0 N–H and O–H groups in total. The first-order chi connectivity index (χ1) is 8.68. The van der Waals surface area contributed by atoms with Crippen LogP contribution in [0.4, 0.5) is 0 Å². The van der Waals surface area contributed by atoms with Gasteiger partial charge in [0.25, 0.3) is 0 Å². The molecule has 1 aliphatic rings. The van der Waals surface area contributed by atoms with Crippen molar-refractivity contribution in [2.24, 2.45) is 5.41 Å². The SMILES string of the molecule is C1=CCC=C1.CC[C@](C)(COOOSC)CPC. The summed E-state index contributed by atoms with van der Waals surface area (Å²) in [6, 6.07) is 0. The van der Waals surface area contributed by atoms with Crippen molar-refractivity contribution < 1.29 is 14.3 Å². The molecule has 1 unspecified atom stereocenters. The molecular weight excluding hydrogens is 267 g/mol. The molecule has 0 aromatic rings. The van der Waals surface area contributed by atoms with Crippen molar-refractivity contribution in [2.75, 3.05) is 25.7 Å². The van der Waals surface area contributed by atoms with E-state index in [2.05, 4.69) is 54.2 Å². The molecule has 0 spiro atoms. The van der Waals surface area contributed by atoms with Crippen molar-refractivity contribution in [3.8, 4) is 0 Å². The summed E-state index contributed by atoms with van der Waals surface area (Å²) >= 11 is 1.13. The maximum Gasteiger partial charge on any atom is 0.0911 e. The van der Waals surface area contributed by atoms with Gasteiger partial charge in [0.1, 0.15) is 0 Å². The maximum atomic E-state index is 4.94. The molecule has 0 amide bonds. The second-order valence-electron chi connectivity index (χ2n) is 4.35. The van der Waals surface area contributed by atoms with Crippen LogP contribution in [-0.4, -0.2) is 25.7 Å². The van der Waals surface area contributed by atoms with Crippen LogP contribution in [0, 0.1) is 5.41 Å². The van der Waals surface area contributed by atoms with E-state index in [4.69, 9.17) is 4.89 Å². The van der Waals surface area contributed by atoms with Crippen molar-refractivity contribution >= 4 is 20.6 Å². The molecule has 3 nitrogen and oxygen atoms in total. The van der Waals surface area contributed by atoms with Gasteiger partial charge in [-0.3, -0.25) is 0 Å². The van der Waals surface area contributed by atoms with E-state index in [1.54, 1.807) is 6.26 Å². The Morgan fingerprint density at radius 3 is 2.39 bits per heavy atom. The van der Waals surface area contributed by atoms with Crippen LogP contribution in [0.25, 0.3) is 0 Å². The van der Waals surface area contributed by atoms with Crippen molar-refractivity contribution in [1.82, 2.24) is 0 Å². The Kier molecular flexibility index (Phi) is 12.3. The molecule has 5 heteroatoms. The normalized spacial score (nSPS) is 16.9. The van der Waals surface area contributed by atoms with Crippen LogP contribution in [0.3, 0.4) is 0 Å². The van der Waals surface area contributed by atoms with E-state index < -0.39 is 0 Å². The molecule has 0 fully saturated rings. The quantitative estimate of drug-likeness (QED) is 0.218. The van der Waals surface area contributed by atoms with Gasteiger partial charge in [0, 0.05) is 18.3 Å². The van der Waals surface area contributed by atoms with Crippen molar-refractivity contribution in [3.63, 3.8) is 0 Å². The lowest BCUT2D eigenvalue weighted by Gasteiger charge is -2.25. The highest BCUT2D eigenvalue weighted by Gasteiger charge is 2.22. The summed E-state index contributed by atoms with van der Waals surface area (Å²) < 4.78 is 4.55. The molecule has 106 valence electrons. The van der Waals surface area contributed by atoms with Gasteiger partial charge in [-0.05, 0) is 31.1 Å². The van der Waals surface area contributed by atoms with Gasteiger partial charge in [-0.2, -0.15) is 0 Å². The van der Waals surface area contributed by atoms with Crippen LogP contribution in [0.15, 0.2) is 24.3 Å². The van der Waals surface area contributed by atoms with E-state index in [0.29, 0.717) is 6.61 Å². The number of hydrogen-bond donors (Lipinski definition) is 0. The van der Waals surface area contributed by atoms with Crippen LogP contribution in [0.1, 0.15) is 26.7 Å². The highest BCUT2D eigenvalue weighted by molar-refractivity contribution is 7.93. The molecule has 0 radical (unpaired) electrons. The first-order valence-corrected chi connectivity index (χ1v) is 8.99. The van der Waals surface area contributed by atoms with E-state index in [9.17, 15) is 0 Å². The summed E-state index contributed by atoms with van der Waals surface area (Å²) in [5, 5.41) is 4.49. The fourth-order valence-corrected chi connectivity index (χ4v) is 2.61. The lowest BCUT2D eigenvalue weighted by Crippen LogP contribution is -2.24. The van der Waals surface area contributed by atoms with Crippen molar-refractivity contribution in [2.45, 2.75) is 26.7 Å². The molecule has 18 heavy (non-hydrogen) atoms. The Morgan fingerprint density at radius 2 is 2.00 bits per heavy atom. The van der Waals surface area contributed by atoms with Crippen LogP contribution < -0.4 is 0 Å². The second-order valence-corrected chi connectivity index (χ2v) is 5.88. The lowest BCUT2D eigenvalue weighted by atomic mass is 9.91. The van der Waals surface area contributed by atoms with Crippen molar-refractivity contribution in [1.29, 1.82) is 0 Å². The predicted octanol–water partition coefficient (Wildman–Crippen LogP) is 4.37. The van der Waals surface area contributed by atoms with Gasteiger partial charge >= 0.3 is 0 Å². The minimum atomic E-state index is 0.217. The monoisotopic (exact) mass is 292 g/mol. The highest BCUT2D eigenvalue weighted by Crippen LogP contribution is 2.28. The summed E-state index contributed by atoms with van der Waals surface area (Å²) in [6.45, 7) is 7.16. The average Bonchev–Trinajstić information content (AvgIpc) is 2.94. The molecule has 0 heterocycles. The average molecular weight is 292 g/mol. The molecule has 1 rings (SSSR count). The Hall–Kier alpha value is 0.140. The predicted molar refractivity (Wildman–Crippen MR) is 82.0 cm³/mol. The fraction of sp³-hybridized carbons (Fsp3) is 0.692. The van der Waals surface area contributed by atoms with E-state index in [0.717, 1.165) is 33.5 Å². The smallest absolute Gasteiger partial charge is 0.0911 e. The number of allylic oxidation sites excluding steroid dienone is 4. The third-order valence-electron chi connectivity index (χ3n) is 2.66. The maximum absolute atomic E-state index is 4.94. The fourth-order valence-electron chi connectivity index (χ4n) is 1.31. The minimum Gasteiger partial charge on any atom is -0.205 e. The Morgan fingerprint density at radius 1 is 1.33 bits per heavy atom. The Labute approximate surface area is 117 Å². The molecule has 1 aliphatic carbocycles. The molecule has 0 saturated heterocycles. The standard InChI is InChI=1S/C8H19O3PS.C5H6/c1-5-8(2,7-12-3)6-9-10-11-13-4;1-2-4-5-3-1/h12H,5-7H2,1-4H3;1-4H,5H2/t8-;/m1./s1. The van der Waals surface area contributed by atoms with Gasteiger partial charge in [0.15, 0.2) is 0 Å². The molecule has 0 bridgehead atoms. The van der Waals surface area contributed by atoms with E-state index >= 15 is 0 Å². The van der Waals surface area contributed by atoms with Gasteiger partial charge in [0.2, 0.25) is 0 Å². The van der Waals surface area contributed by atoms with Crippen LogP contribution in [-0.2, 0) is 14.3 Å². The molecule has 0 aromatic heterocycles. The number of hydrogen-bond acceptors (Lipinski definition) is 4. The van der Waals surface area contributed by atoms with Gasteiger partial charge in [-0.25, -0.2) is 4.89 Å². The Balaban J connectivity index is 0.000000473. The third-order valence-corrected chi connectivity index (χ3v) is 4.06. The molecule has 2 atom stereocenters. The third kappa shape index (κ3) is 10.1. The molecular formula is C13H25O3PS. The molecule has 0 aliphatic heterocycles. The summed E-state index contributed by atoms with van der Waals surface area (Å²) in [7, 11) is 0.947. The van der Waals surface area contributed by atoms with Gasteiger partial charge in [-0.1, -0.05) is 43.2 Å². The zero-order valence-corrected chi connectivity index (χ0v) is 13.6. The zero-order chi connectivity index (χ0) is 13.7. The minimum absolute atomic E-state index is 0.217. The first-order valence-electron chi connectivity index (χ1n) is 6.13. The van der Waals surface area contributed by atoms with Gasteiger partial charge in [0.05, 0.1) is 6.61 Å². The Bertz CT molecular complexity index is 236. The first kappa shape index (κ1) is 18.1. The summed E-state index contributed by atoms with van der Waals surface area (Å²) in [4.78, 5) is 4.94. The highest BCUT2D eigenvalue weighted by atomic mass is 32.2. The summed E-state index contributed by atoms with van der Waals surface area (Å²) in [6.07, 6.45) is 13.5. The van der Waals surface area contributed by atoms with Crippen LogP contribution >= 0.6 is 20.6 Å². The lowest BCUT2D eigenvalue weighted by molar-refractivity contribution is -0.466. The van der Waals surface area contributed by atoms with Gasteiger partial charge in [-0.15, -0.1) is 12.9 Å². The molecule has 0 saturated carbocycles. The topological polar surface area (TPSA) is 27.7 Å². The van der Waals surface area contributed by atoms with E-state index in [-0.39, 0.29) is 5.41 Å². The van der Waals surface area contributed by atoms with E-state index in [1.165, 1.54) is 6.16 Å². The largest absolute Gasteiger partial charge is 0.205 e. The second kappa shape index (κ2) is 12.2. The van der Waals surface area contributed by atoms with Gasteiger partial charge < -0.3 is 0 Å². The van der Waals surface area contributed by atoms with Crippen molar-refractivity contribution in [3.05, 3.63) is 24.3 Å².